The van der Waals surface area contributed by atoms with Crippen molar-refractivity contribution < 1.29 is 9.47 Å². The molecule has 2 N–H and O–H groups in total. The van der Waals surface area contributed by atoms with E-state index in [2.05, 4.69) is 20.9 Å². The van der Waals surface area contributed by atoms with Gasteiger partial charge in [-0.05, 0) is 28.1 Å². The van der Waals surface area contributed by atoms with Gasteiger partial charge in [0.2, 0.25) is 0 Å². The van der Waals surface area contributed by atoms with Gasteiger partial charge in [0, 0.05) is 12.0 Å². The second kappa shape index (κ2) is 4.78. The van der Waals surface area contributed by atoms with Gasteiger partial charge in [0.25, 0.3) is 0 Å². The van der Waals surface area contributed by atoms with Gasteiger partial charge in [-0.3, -0.25) is 0 Å². The lowest BCUT2D eigenvalue weighted by molar-refractivity contribution is 0.296. The number of nitrogens with zero attached hydrogens (tertiary/aromatic N) is 1. The average Bonchev–Trinajstić information content (AvgIpc) is 2.63. The van der Waals surface area contributed by atoms with E-state index in [0.29, 0.717) is 18.2 Å². The van der Waals surface area contributed by atoms with Crippen LogP contribution in [0.2, 0.25) is 0 Å². The highest BCUT2D eigenvalue weighted by Gasteiger charge is 2.17. The van der Waals surface area contributed by atoms with E-state index in [1.165, 1.54) is 11.3 Å². The Balaban J connectivity index is 2.11. The molecule has 0 bridgehead atoms. The fourth-order valence-corrected chi connectivity index (χ4v) is 2.95. The number of benzene rings is 1. The van der Waals surface area contributed by atoms with Crippen molar-refractivity contribution in [3.8, 4) is 22.8 Å². The highest BCUT2D eigenvalue weighted by atomic mass is 79.9. The summed E-state index contributed by atoms with van der Waals surface area (Å²) >= 11 is 4.93. The second-order valence-corrected chi connectivity index (χ2v) is 5.64. The Hall–Kier alpha value is -1.27. The van der Waals surface area contributed by atoms with Crippen molar-refractivity contribution in [3.63, 3.8) is 0 Å². The quantitative estimate of drug-likeness (QED) is 0.873. The fraction of sp³-hybridized carbons (Fsp3) is 0.250. The third-order valence-corrected chi connectivity index (χ3v) is 3.92. The molecule has 2 aromatic rings. The van der Waals surface area contributed by atoms with Crippen LogP contribution in [0, 0.1) is 0 Å². The molecule has 94 valence electrons. The first-order valence-electron chi connectivity index (χ1n) is 5.54. The van der Waals surface area contributed by atoms with Crippen LogP contribution in [-0.2, 0) is 0 Å². The molecule has 6 heteroatoms. The monoisotopic (exact) mass is 326 g/mol. The summed E-state index contributed by atoms with van der Waals surface area (Å²) in [6, 6.07) is 3.88. The largest absolute Gasteiger partial charge is 0.489 e. The maximum absolute atomic E-state index is 5.90. The number of nitrogens with two attached hydrogens (primary N) is 1. The van der Waals surface area contributed by atoms with E-state index < -0.39 is 0 Å². The van der Waals surface area contributed by atoms with Crippen LogP contribution >= 0.6 is 27.3 Å². The van der Waals surface area contributed by atoms with Crippen LogP contribution in [0.3, 0.4) is 0 Å². The molecule has 3 rings (SSSR count). The Morgan fingerprint density at radius 3 is 2.89 bits per heavy atom. The minimum absolute atomic E-state index is 0.662. The smallest absolute Gasteiger partial charge is 0.175 e. The number of rotatable bonds is 1. The van der Waals surface area contributed by atoms with Gasteiger partial charge >= 0.3 is 0 Å². The normalized spacial score (nSPS) is 14.3. The summed E-state index contributed by atoms with van der Waals surface area (Å²) in [4.78, 5) is 4.28. The highest BCUT2D eigenvalue weighted by molar-refractivity contribution is 9.10. The fourth-order valence-electron chi connectivity index (χ4n) is 1.84. The second-order valence-electron chi connectivity index (χ2n) is 3.90. The number of aromatic nitrogens is 1. The van der Waals surface area contributed by atoms with E-state index in [9.17, 15) is 0 Å². The molecule has 0 atom stereocenters. The van der Waals surface area contributed by atoms with E-state index in [-0.39, 0.29) is 0 Å². The lowest BCUT2D eigenvalue weighted by Crippen LogP contribution is -1.97. The molecule has 0 saturated carbocycles. The van der Waals surface area contributed by atoms with Crippen LogP contribution in [0.15, 0.2) is 22.1 Å². The van der Waals surface area contributed by atoms with Crippen molar-refractivity contribution >= 4 is 32.3 Å². The van der Waals surface area contributed by atoms with Crippen molar-refractivity contribution in [2.45, 2.75) is 6.42 Å². The number of fused-ring (bicyclic) bond motifs is 1. The number of hydrogen-bond donors (Lipinski definition) is 1. The Morgan fingerprint density at radius 1 is 1.28 bits per heavy atom. The first-order valence-corrected chi connectivity index (χ1v) is 7.21. The lowest BCUT2D eigenvalue weighted by atomic mass is 10.1. The molecule has 18 heavy (non-hydrogen) atoms. The van der Waals surface area contributed by atoms with Crippen LogP contribution < -0.4 is 15.2 Å². The van der Waals surface area contributed by atoms with E-state index in [0.717, 1.165) is 33.6 Å². The summed E-state index contributed by atoms with van der Waals surface area (Å²) < 4.78 is 12.2. The Kier molecular flexibility index (Phi) is 3.13. The molecule has 1 aliphatic rings. The molecular weight excluding hydrogens is 316 g/mol. The first kappa shape index (κ1) is 11.8. The number of nitrogen functional groups attached to an aromatic ring is 1. The molecule has 0 radical (unpaired) electrons. The molecule has 0 amide bonds. The van der Waals surface area contributed by atoms with Crippen molar-refractivity contribution in [3.05, 3.63) is 22.1 Å². The van der Waals surface area contributed by atoms with Gasteiger partial charge in [-0.1, -0.05) is 0 Å². The number of thiazole rings is 1. The van der Waals surface area contributed by atoms with Crippen molar-refractivity contribution in [2.24, 2.45) is 0 Å². The Bertz CT molecular complexity index is 585. The zero-order valence-corrected chi connectivity index (χ0v) is 11.9. The molecule has 0 fully saturated rings. The topological polar surface area (TPSA) is 57.4 Å². The minimum Gasteiger partial charge on any atom is -0.489 e. The summed E-state index contributed by atoms with van der Waals surface area (Å²) in [6.07, 6.45) is 0.884. The highest BCUT2D eigenvalue weighted by Crippen LogP contribution is 2.42. The van der Waals surface area contributed by atoms with Crippen LogP contribution in [-0.4, -0.2) is 18.2 Å². The van der Waals surface area contributed by atoms with E-state index in [4.69, 9.17) is 15.2 Å². The molecule has 2 heterocycles. The van der Waals surface area contributed by atoms with Crippen LogP contribution in [0.4, 0.5) is 5.00 Å². The summed E-state index contributed by atoms with van der Waals surface area (Å²) in [7, 11) is 0. The van der Waals surface area contributed by atoms with Gasteiger partial charge < -0.3 is 15.2 Å². The van der Waals surface area contributed by atoms with Crippen LogP contribution in [0.25, 0.3) is 11.3 Å². The van der Waals surface area contributed by atoms with Gasteiger partial charge in [0.1, 0.15) is 10.7 Å². The summed E-state index contributed by atoms with van der Waals surface area (Å²) in [6.45, 7) is 1.33. The van der Waals surface area contributed by atoms with Gasteiger partial charge in [0.15, 0.2) is 11.5 Å². The molecule has 0 aliphatic carbocycles. The number of anilines is 1. The zero-order chi connectivity index (χ0) is 12.5. The summed E-state index contributed by atoms with van der Waals surface area (Å²) in [5.74, 6) is 1.49. The molecular formula is C12H11BrN2O2S. The zero-order valence-electron chi connectivity index (χ0n) is 9.48. The SMILES string of the molecule is Nc1scnc1-c1cc(Br)c2c(c1)OCCCO2. The Morgan fingerprint density at radius 2 is 2.11 bits per heavy atom. The maximum Gasteiger partial charge on any atom is 0.175 e. The minimum atomic E-state index is 0.662. The van der Waals surface area contributed by atoms with Gasteiger partial charge in [-0.15, -0.1) is 11.3 Å². The third kappa shape index (κ3) is 2.06. The molecule has 0 unspecified atom stereocenters. The van der Waals surface area contributed by atoms with E-state index in [1.807, 2.05) is 12.1 Å². The molecule has 4 nitrogen and oxygen atoms in total. The first-order chi connectivity index (χ1) is 8.75. The third-order valence-electron chi connectivity index (χ3n) is 2.67. The van der Waals surface area contributed by atoms with E-state index >= 15 is 0 Å². The standard InChI is InChI=1S/C12H11BrN2O2S/c13-8-4-7(10-12(14)18-6-15-10)5-9-11(8)17-3-1-2-16-9/h4-6H,1-3,14H2. The van der Waals surface area contributed by atoms with Gasteiger partial charge in [-0.2, -0.15) is 0 Å². The van der Waals surface area contributed by atoms with Crippen LogP contribution in [0.1, 0.15) is 6.42 Å². The van der Waals surface area contributed by atoms with E-state index in [1.54, 1.807) is 5.51 Å². The Labute approximate surface area is 117 Å². The van der Waals surface area contributed by atoms with Crippen molar-refractivity contribution in [1.29, 1.82) is 0 Å². The van der Waals surface area contributed by atoms with Crippen LogP contribution in [0.5, 0.6) is 11.5 Å². The molecule has 0 saturated heterocycles. The van der Waals surface area contributed by atoms with Gasteiger partial charge in [0.05, 0.1) is 23.2 Å². The molecule has 0 spiro atoms. The number of ether oxygens (including phenoxy) is 2. The summed E-state index contributed by atoms with van der Waals surface area (Å²) in [5.41, 5.74) is 9.36. The predicted molar refractivity (Wildman–Crippen MR) is 75.3 cm³/mol. The predicted octanol–water partition coefficient (Wildman–Crippen LogP) is 3.32. The summed E-state index contributed by atoms with van der Waals surface area (Å²) in [5, 5.41) is 0.705. The maximum atomic E-state index is 5.90. The molecule has 1 aromatic heterocycles. The van der Waals surface area contributed by atoms with Crippen molar-refractivity contribution in [2.75, 3.05) is 18.9 Å². The molecule has 1 aliphatic heterocycles. The average molecular weight is 327 g/mol. The van der Waals surface area contributed by atoms with Crippen molar-refractivity contribution in [1.82, 2.24) is 4.98 Å². The van der Waals surface area contributed by atoms with Gasteiger partial charge in [-0.25, -0.2) is 4.98 Å². The molecule has 1 aromatic carbocycles. The number of hydrogen-bond acceptors (Lipinski definition) is 5. The lowest BCUT2D eigenvalue weighted by Gasteiger charge is -2.11. The number of halogens is 1.